The Morgan fingerprint density at radius 1 is 1.02 bits per heavy atom. The summed E-state index contributed by atoms with van der Waals surface area (Å²) >= 11 is 5.80. The Balaban J connectivity index is 0.864. The Morgan fingerprint density at radius 2 is 1.77 bits per heavy atom. The van der Waals surface area contributed by atoms with Gasteiger partial charge in [0.1, 0.15) is 29.7 Å². The lowest BCUT2D eigenvalue weighted by atomic mass is 9.75. The molecule has 3 atom stereocenters. The molecule has 4 aliphatic heterocycles. The Kier molecular flexibility index (Phi) is 11.4. The van der Waals surface area contributed by atoms with E-state index in [0.717, 1.165) is 55.1 Å². The molecule has 2 bridgehead atoms. The fraction of sp³-hybridized carbons (Fsp3) is 0.465. The first-order valence-electron chi connectivity index (χ1n) is 20.4. The number of alkyl halides is 3. The normalized spacial score (nSPS) is 22.9. The smallest absolute Gasteiger partial charge is 0.419 e. The molecule has 1 spiro atoms. The van der Waals surface area contributed by atoms with Crippen molar-refractivity contribution in [1.29, 1.82) is 5.26 Å². The number of piperidine rings is 2. The zero-order valence-corrected chi connectivity index (χ0v) is 33.9. The number of hydrogen-bond donors (Lipinski definition) is 2. The lowest BCUT2D eigenvalue weighted by Gasteiger charge is -2.51. The van der Waals surface area contributed by atoms with Crippen LogP contribution in [-0.2, 0) is 31.8 Å². The molecule has 2 N–H and O–H groups in total. The lowest BCUT2D eigenvalue weighted by Crippen LogP contribution is -2.63. The average molecular weight is 843 g/mol. The van der Waals surface area contributed by atoms with Crippen LogP contribution in [0.1, 0.15) is 75.1 Å². The van der Waals surface area contributed by atoms with Crippen molar-refractivity contribution in [3.8, 4) is 11.8 Å². The van der Waals surface area contributed by atoms with Gasteiger partial charge in [-0.05, 0) is 105 Å². The van der Waals surface area contributed by atoms with Crippen LogP contribution in [0.4, 0.5) is 35.9 Å². The van der Waals surface area contributed by atoms with Gasteiger partial charge in [-0.3, -0.25) is 33.9 Å². The van der Waals surface area contributed by atoms with Gasteiger partial charge >= 0.3 is 6.18 Å². The molecule has 2 saturated carbocycles. The van der Waals surface area contributed by atoms with E-state index in [9.17, 15) is 37.6 Å². The zero-order chi connectivity index (χ0) is 42.3. The number of thiocarbonyl (C=S) groups is 1. The maximum atomic E-state index is 14.0. The molecule has 17 heteroatoms. The number of piperazine rings is 1. The molecule has 6 fully saturated rings. The number of ether oxygens (including phenoxy) is 1. The van der Waals surface area contributed by atoms with Crippen LogP contribution in [-0.4, -0.2) is 99.7 Å². The SMILES string of the molecule is CCc1cc(N2C(=S)N(c3cnc(C#N)c(C(F)(F)F)c3)C(=O)C23CCC3)ccc1OCCN1C[C@@H]2CC[C@H]1CN2CC(=O)Nc1cccc(NC2CCC(=O)CC2=O)c1. The van der Waals surface area contributed by atoms with Crippen molar-refractivity contribution in [2.75, 3.05) is 53.2 Å². The van der Waals surface area contributed by atoms with Gasteiger partial charge in [0.25, 0.3) is 5.91 Å². The summed E-state index contributed by atoms with van der Waals surface area (Å²) < 4.78 is 47.8. The fourth-order valence-corrected chi connectivity index (χ4v) is 9.72. The molecule has 2 aliphatic carbocycles. The Hall–Kier alpha value is -5.44. The summed E-state index contributed by atoms with van der Waals surface area (Å²) in [4.78, 5) is 62.3. The number of carbonyl (C=O) groups excluding carboxylic acids is 4. The van der Waals surface area contributed by atoms with E-state index in [2.05, 4.69) is 25.4 Å². The van der Waals surface area contributed by atoms with Crippen LogP contribution in [0.2, 0.25) is 0 Å². The van der Waals surface area contributed by atoms with Crippen LogP contribution in [0.15, 0.2) is 54.7 Å². The van der Waals surface area contributed by atoms with E-state index in [4.69, 9.17) is 17.0 Å². The average Bonchev–Trinajstić information content (AvgIpc) is 3.45. The van der Waals surface area contributed by atoms with Crippen molar-refractivity contribution in [3.63, 3.8) is 0 Å². The summed E-state index contributed by atoms with van der Waals surface area (Å²) in [6.45, 7) is 4.98. The molecule has 314 valence electrons. The summed E-state index contributed by atoms with van der Waals surface area (Å²) in [5, 5.41) is 15.5. The van der Waals surface area contributed by atoms with E-state index in [-0.39, 0.29) is 53.3 Å². The largest absolute Gasteiger partial charge is 0.492 e. The number of aromatic nitrogens is 1. The number of nitriles is 1. The highest BCUT2D eigenvalue weighted by molar-refractivity contribution is 7.81. The van der Waals surface area contributed by atoms with E-state index in [0.29, 0.717) is 68.1 Å². The highest BCUT2D eigenvalue weighted by Crippen LogP contribution is 2.49. The molecule has 1 unspecified atom stereocenters. The van der Waals surface area contributed by atoms with Crippen LogP contribution in [0.3, 0.4) is 0 Å². The lowest BCUT2D eigenvalue weighted by molar-refractivity contribution is -0.138. The van der Waals surface area contributed by atoms with E-state index < -0.39 is 34.9 Å². The number of nitrogens with zero attached hydrogens (tertiary/aromatic N) is 6. The number of amides is 2. The summed E-state index contributed by atoms with van der Waals surface area (Å²) in [6.07, 6.45) is 1.42. The summed E-state index contributed by atoms with van der Waals surface area (Å²) in [5.41, 5.74) is -0.272. The highest BCUT2D eigenvalue weighted by atomic mass is 32.1. The highest BCUT2D eigenvalue weighted by Gasteiger charge is 2.60. The second kappa shape index (κ2) is 16.5. The molecule has 5 heterocycles. The second-order valence-electron chi connectivity index (χ2n) is 16.2. The Labute approximate surface area is 350 Å². The quantitative estimate of drug-likeness (QED) is 0.166. The van der Waals surface area contributed by atoms with Gasteiger partial charge in [0.05, 0.1) is 36.5 Å². The van der Waals surface area contributed by atoms with Crippen molar-refractivity contribution in [2.45, 2.75) is 94.6 Å². The number of anilines is 4. The van der Waals surface area contributed by atoms with E-state index in [1.54, 1.807) is 11.0 Å². The minimum atomic E-state index is -4.84. The predicted octanol–water partition coefficient (Wildman–Crippen LogP) is 5.86. The number of hydrogen-bond acceptors (Lipinski definition) is 11. The molecule has 0 radical (unpaired) electrons. The Morgan fingerprint density at radius 3 is 2.43 bits per heavy atom. The number of fused-ring (bicyclic) bond motifs is 3. The van der Waals surface area contributed by atoms with Crippen LogP contribution >= 0.6 is 12.2 Å². The van der Waals surface area contributed by atoms with E-state index >= 15 is 0 Å². The number of aryl methyl sites for hydroxylation is 1. The molecule has 60 heavy (non-hydrogen) atoms. The molecular formula is C43H45F3N8O5S. The number of rotatable bonds is 12. The molecule has 1 aromatic heterocycles. The maximum Gasteiger partial charge on any atom is 0.419 e. The van der Waals surface area contributed by atoms with Crippen molar-refractivity contribution in [2.24, 2.45) is 0 Å². The van der Waals surface area contributed by atoms with Crippen LogP contribution in [0.5, 0.6) is 5.75 Å². The molecule has 2 amide bonds. The number of nitrogens with one attached hydrogen (secondary N) is 2. The van der Waals surface area contributed by atoms with E-state index in [1.807, 2.05) is 43.3 Å². The maximum absolute atomic E-state index is 14.0. The Bertz CT molecular complexity index is 2280. The third-order valence-electron chi connectivity index (χ3n) is 12.5. The molecule has 4 saturated heterocycles. The first-order chi connectivity index (χ1) is 28.8. The molecular weight excluding hydrogens is 798 g/mol. The van der Waals surface area contributed by atoms with Crippen molar-refractivity contribution in [1.82, 2.24) is 14.8 Å². The molecule has 6 aliphatic rings. The minimum absolute atomic E-state index is 0.0298. The van der Waals surface area contributed by atoms with E-state index in [1.165, 1.54) is 6.07 Å². The number of benzene rings is 2. The first kappa shape index (κ1) is 41.3. The van der Waals surface area contributed by atoms with Crippen LogP contribution < -0.4 is 25.2 Å². The van der Waals surface area contributed by atoms with Gasteiger partial charge in [0.2, 0.25) is 5.91 Å². The monoisotopic (exact) mass is 842 g/mol. The molecule has 13 nitrogen and oxygen atoms in total. The predicted molar refractivity (Wildman–Crippen MR) is 221 cm³/mol. The van der Waals surface area contributed by atoms with Gasteiger partial charge in [0, 0.05) is 55.2 Å². The minimum Gasteiger partial charge on any atom is -0.492 e. The number of halogens is 3. The number of Topliss-reactive ketones (excluding diaryl/α,β-unsaturated/α-hetero) is 2. The third kappa shape index (κ3) is 7.95. The van der Waals surface area contributed by atoms with Crippen molar-refractivity contribution >= 4 is 63.5 Å². The van der Waals surface area contributed by atoms with Crippen LogP contribution in [0, 0.1) is 11.3 Å². The zero-order valence-electron chi connectivity index (χ0n) is 33.1. The molecule has 2 aromatic carbocycles. The van der Waals surface area contributed by atoms with Crippen LogP contribution in [0.25, 0.3) is 0 Å². The van der Waals surface area contributed by atoms with Crippen molar-refractivity contribution < 1.29 is 37.1 Å². The molecule has 3 aromatic rings. The second-order valence-corrected chi connectivity index (χ2v) is 16.6. The first-order valence-corrected chi connectivity index (χ1v) is 20.8. The van der Waals surface area contributed by atoms with Crippen molar-refractivity contribution in [3.05, 3.63) is 71.5 Å². The fourth-order valence-electron chi connectivity index (χ4n) is 9.25. The number of ketones is 2. The summed E-state index contributed by atoms with van der Waals surface area (Å²) in [7, 11) is 0. The number of carbonyl (C=O) groups is 4. The standard InChI is InChI=1S/C43H45F3N8O5S/c1-2-26-17-29(54-41(60)53(40(58)42(54)13-4-14-42)32-19-34(43(44,45)46)36(21-47)48-22-32)9-12-38(26)59-16-15-51-23-31-8-7-30(51)24-52(31)25-39(57)50-28-6-3-5-27(18-28)49-35-11-10-33(55)20-37(35)56/h3,5-6,9,12,17-19,22,30-31,35,49H,2,4,7-8,10-11,13-16,20,23-25H2,1H3,(H,50,57)/t30-,31-,35?/m0/s1. The van der Waals surface area contributed by atoms with Gasteiger partial charge in [-0.2, -0.15) is 18.4 Å². The summed E-state index contributed by atoms with van der Waals surface area (Å²) in [5.74, 6) is 0.0293. The van der Waals surface area contributed by atoms with Gasteiger partial charge in [-0.15, -0.1) is 0 Å². The molecule has 9 rings (SSSR count). The number of pyridine rings is 1. The third-order valence-corrected chi connectivity index (χ3v) is 12.9. The van der Waals surface area contributed by atoms with Gasteiger partial charge in [-0.1, -0.05) is 13.0 Å². The van der Waals surface area contributed by atoms with Gasteiger partial charge in [-0.25, -0.2) is 4.98 Å². The summed E-state index contributed by atoms with van der Waals surface area (Å²) in [6, 6.07) is 15.2. The van der Waals surface area contributed by atoms with Gasteiger partial charge < -0.3 is 20.3 Å². The van der Waals surface area contributed by atoms with Gasteiger partial charge in [0.15, 0.2) is 16.6 Å². The topological polar surface area (TPSA) is 151 Å².